The summed E-state index contributed by atoms with van der Waals surface area (Å²) in [5.74, 6) is -1.08. The van der Waals surface area contributed by atoms with E-state index in [0.29, 0.717) is 0 Å². The minimum Gasteiger partial charge on any atom is -0.258 e. The summed E-state index contributed by atoms with van der Waals surface area (Å²) in [5.41, 5.74) is -0.603. The molecule has 0 heterocycles. The van der Waals surface area contributed by atoms with Crippen LogP contribution in [0.4, 0.5) is 10.1 Å². The highest BCUT2D eigenvalue weighted by molar-refractivity contribution is 6.44. The molecule has 1 aromatic carbocycles. The van der Waals surface area contributed by atoms with Gasteiger partial charge in [-0.05, 0) is 0 Å². The van der Waals surface area contributed by atoms with Gasteiger partial charge in [0, 0.05) is 6.07 Å². The van der Waals surface area contributed by atoms with Gasteiger partial charge in [-0.1, -0.05) is 34.8 Å². The van der Waals surface area contributed by atoms with Crippen LogP contribution in [0.1, 0.15) is 0 Å². The van der Waals surface area contributed by atoms with E-state index in [1.165, 1.54) is 0 Å². The molecular formula is C6HCl3FNO2. The molecule has 0 fully saturated rings. The number of hydrogen-bond acceptors (Lipinski definition) is 2. The van der Waals surface area contributed by atoms with E-state index in [4.69, 9.17) is 34.8 Å². The highest BCUT2D eigenvalue weighted by Gasteiger charge is 2.21. The normalized spacial score (nSPS) is 10.2. The number of rotatable bonds is 1. The number of halogens is 4. The first-order valence-corrected chi connectivity index (χ1v) is 4.06. The van der Waals surface area contributed by atoms with Crippen molar-refractivity contribution in [3.05, 3.63) is 37.1 Å². The second kappa shape index (κ2) is 3.65. The van der Waals surface area contributed by atoms with Crippen molar-refractivity contribution in [3.8, 4) is 0 Å². The van der Waals surface area contributed by atoms with Gasteiger partial charge in [0.1, 0.15) is 0 Å². The van der Waals surface area contributed by atoms with Crippen LogP contribution in [0.3, 0.4) is 0 Å². The van der Waals surface area contributed by atoms with Crippen molar-refractivity contribution in [2.24, 2.45) is 0 Å². The lowest BCUT2D eigenvalue weighted by Gasteiger charge is -2.00. The van der Waals surface area contributed by atoms with E-state index < -0.39 is 26.5 Å². The first-order chi connectivity index (χ1) is 5.95. The standard InChI is InChI=1S/C6HCl3FNO2/c7-2-1-3(11(12)13)5(9)6(10)4(2)8/h1H. The summed E-state index contributed by atoms with van der Waals surface area (Å²) in [4.78, 5) is 9.45. The number of nitro benzene ring substituents is 1. The Morgan fingerprint density at radius 3 is 2.31 bits per heavy atom. The van der Waals surface area contributed by atoms with Gasteiger partial charge in [0.05, 0.1) is 15.0 Å². The lowest BCUT2D eigenvalue weighted by molar-refractivity contribution is -0.384. The van der Waals surface area contributed by atoms with Gasteiger partial charge < -0.3 is 0 Å². The Morgan fingerprint density at radius 1 is 1.31 bits per heavy atom. The van der Waals surface area contributed by atoms with Crippen LogP contribution in [-0.4, -0.2) is 4.92 Å². The second-order valence-electron chi connectivity index (χ2n) is 2.08. The molecule has 0 spiro atoms. The van der Waals surface area contributed by atoms with Crippen molar-refractivity contribution in [1.82, 2.24) is 0 Å². The van der Waals surface area contributed by atoms with E-state index in [1.807, 2.05) is 0 Å². The van der Waals surface area contributed by atoms with Crippen LogP contribution < -0.4 is 0 Å². The maximum Gasteiger partial charge on any atom is 0.292 e. The topological polar surface area (TPSA) is 43.1 Å². The maximum atomic E-state index is 13.0. The van der Waals surface area contributed by atoms with Gasteiger partial charge in [-0.2, -0.15) is 0 Å². The van der Waals surface area contributed by atoms with Crippen LogP contribution in [0.2, 0.25) is 15.1 Å². The molecule has 0 aliphatic rings. The molecule has 70 valence electrons. The van der Waals surface area contributed by atoms with E-state index in [2.05, 4.69) is 0 Å². The molecule has 3 nitrogen and oxygen atoms in total. The Kier molecular flexibility index (Phi) is 2.95. The van der Waals surface area contributed by atoms with Crippen molar-refractivity contribution >= 4 is 40.5 Å². The zero-order valence-electron chi connectivity index (χ0n) is 5.85. The smallest absolute Gasteiger partial charge is 0.258 e. The molecule has 13 heavy (non-hydrogen) atoms. The molecule has 1 aromatic rings. The first-order valence-electron chi connectivity index (χ1n) is 2.92. The number of nitrogens with zero attached hydrogens (tertiary/aromatic N) is 1. The lowest BCUT2D eigenvalue weighted by Crippen LogP contribution is -1.92. The summed E-state index contributed by atoms with van der Waals surface area (Å²) in [5, 5.41) is 8.99. The molecule has 0 N–H and O–H groups in total. The summed E-state index contributed by atoms with van der Waals surface area (Å²) >= 11 is 16.1. The molecule has 0 aliphatic carbocycles. The quantitative estimate of drug-likeness (QED) is 0.327. The largest absolute Gasteiger partial charge is 0.292 e. The Hall–Kier alpha value is -0.580. The zero-order chi connectivity index (χ0) is 10.2. The fraction of sp³-hybridized carbons (Fsp3) is 0. The average Bonchev–Trinajstić information content (AvgIpc) is 2.07. The predicted molar refractivity (Wildman–Crippen MR) is 48.1 cm³/mol. The van der Waals surface area contributed by atoms with Crippen molar-refractivity contribution in [2.75, 3.05) is 0 Å². The fourth-order valence-corrected chi connectivity index (χ4v) is 1.30. The van der Waals surface area contributed by atoms with Crippen LogP contribution in [0.15, 0.2) is 6.07 Å². The second-order valence-corrected chi connectivity index (χ2v) is 3.24. The summed E-state index contributed by atoms with van der Waals surface area (Å²) in [7, 11) is 0. The van der Waals surface area contributed by atoms with Crippen molar-refractivity contribution < 1.29 is 9.31 Å². The van der Waals surface area contributed by atoms with E-state index in [0.717, 1.165) is 6.07 Å². The molecule has 0 atom stereocenters. The third-order valence-corrected chi connectivity index (χ3v) is 2.40. The van der Waals surface area contributed by atoms with Crippen molar-refractivity contribution in [3.63, 3.8) is 0 Å². The van der Waals surface area contributed by atoms with E-state index in [1.54, 1.807) is 0 Å². The fourth-order valence-electron chi connectivity index (χ4n) is 0.693. The van der Waals surface area contributed by atoms with Gasteiger partial charge in [0.25, 0.3) is 5.69 Å². The molecule has 0 aliphatic heterocycles. The molecule has 1 rings (SSSR count). The number of benzene rings is 1. The van der Waals surface area contributed by atoms with Crippen LogP contribution >= 0.6 is 34.8 Å². The van der Waals surface area contributed by atoms with Crippen LogP contribution in [0.5, 0.6) is 0 Å². The Balaban J connectivity index is 3.50. The number of hydrogen-bond donors (Lipinski definition) is 0. The van der Waals surface area contributed by atoms with Crippen LogP contribution in [0, 0.1) is 15.9 Å². The zero-order valence-corrected chi connectivity index (χ0v) is 8.12. The molecule has 0 amide bonds. The van der Waals surface area contributed by atoms with Gasteiger partial charge >= 0.3 is 0 Å². The monoisotopic (exact) mass is 243 g/mol. The van der Waals surface area contributed by atoms with Gasteiger partial charge in [-0.15, -0.1) is 0 Å². The minimum absolute atomic E-state index is 0.240. The van der Waals surface area contributed by atoms with E-state index >= 15 is 0 Å². The lowest BCUT2D eigenvalue weighted by atomic mass is 10.3. The van der Waals surface area contributed by atoms with Gasteiger partial charge in [-0.3, -0.25) is 10.1 Å². The molecule has 0 bridgehead atoms. The minimum atomic E-state index is -1.08. The van der Waals surface area contributed by atoms with E-state index in [9.17, 15) is 14.5 Å². The van der Waals surface area contributed by atoms with Crippen molar-refractivity contribution in [2.45, 2.75) is 0 Å². The molecular weight excluding hydrogens is 243 g/mol. The Labute approximate surface area is 87.2 Å². The average molecular weight is 244 g/mol. The summed E-state index contributed by atoms with van der Waals surface area (Å²) in [6, 6.07) is 0.898. The summed E-state index contributed by atoms with van der Waals surface area (Å²) in [6.45, 7) is 0. The molecule has 0 radical (unpaired) electrons. The number of nitro groups is 1. The first kappa shape index (κ1) is 10.5. The molecule has 0 unspecified atom stereocenters. The predicted octanol–water partition coefficient (Wildman–Crippen LogP) is 3.69. The highest BCUT2D eigenvalue weighted by Crippen LogP contribution is 2.36. The summed E-state index contributed by atoms with van der Waals surface area (Å²) in [6.07, 6.45) is 0. The van der Waals surface area contributed by atoms with Crippen LogP contribution in [0.25, 0.3) is 0 Å². The Bertz CT molecular complexity index is 383. The Morgan fingerprint density at radius 2 is 1.85 bits per heavy atom. The van der Waals surface area contributed by atoms with Gasteiger partial charge in [0.15, 0.2) is 10.8 Å². The molecule has 0 aromatic heterocycles. The third kappa shape index (κ3) is 1.85. The summed E-state index contributed by atoms with van der Waals surface area (Å²) < 4.78 is 13.0. The van der Waals surface area contributed by atoms with E-state index in [-0.39, 0.29) is 5.02 Å². The molecule has 0 saturated heterocycles. The van der Waals surface area contributed by atoms with Gasteiger partial charge in [-0.25, -0.2) is 4.39 Å². The van der Waals surface area contributed by atoms with Crippen LogP contribution in [-0.2, 0) is 0 Å². The molecule has 0 saturated carbocycles. The van der Waals surface area contributed by atoms with Crippen molar-refractivity contribution in [1.29, 1.82) is 0 Å². The maximum absolute atomic E-state index is 13.0. The molecule has 7 heteroatoms. The highest BCUT2D eigenvalue weighted by atomic mass is 35.5. The third-order valence-electron chi connectivity index (χ3n) is 1.28. The SMILES string of the molecule is O=[N+]([O-])c1cc(Cl)c(Cl)c(F)c1Cl. The van der Waals surface area contributed by atoms with Gasteiger partial charge in [0.2, 0.25) is 0 Å².